The molecule has 168 valence electrons. The van der Waals surface area contributed by atoms with Crippen LogP contribution in [0.3, 0.4) is 0 Å². The zero-order chi connectivity index (χ0) is 21.4. The summed E-state index contributed by atoms with van der Waals surface area (Å²) >= 11 is 8.07. The molecule has 2 aliphatic heterocycles. The van der Waals surface area contributed by atoms with Gasteiger partial charge < -0.3 is 25.5 Å². The van der Waals surface area contributed by atoms with Gasteiger partial charge in [0.05, 0.1) is 0 Å². The number of carbonyl (C=O) groups excluding carboxylic acids is 2. The zero-order valence-electron chi connectivity index (χ0n) is 16.8. The number of carbonyl (C=O) groups is 4. The highest BCUT2D eigenvalue weighted by Crippen LogP contribution is 2.21. The van der Waals surface area contributed by atoms with Crippen LogP contribution in [0.4, 0.5) is 0 Å². The quantitative estimate of drug-likeness (QED) is 0.430. The molecule has 29 heavy (non-hydrogen) atoms. The SMILES string of the molecule is CC(CS)C(=O)N1CCC[C@H]1C(=O)O.CC(CS)C(=O)N1CCC[C@H]1C(=O)O.O. The lowest BCUT2D eigenvalue weighted by Crippen LogP contribution is -2.43. The molecule has 0 spiro atoms. The minimum Gasteiger partial charge on any atom is -0.480 e. The van der Waals surface area contributed by atoms with Crippen LogP contribution in [-0.2, 0) is 19.2 Å². The van der Waals surface area contributed by atoms with Gasteiger partial charge in [-0.3, -0.25) is 9.59 Å². The second kappa shape index (κ2) is 13.0. The monoisotopic (exact) mass is 452 g/mol. The molecule has 0 radical (unpaired) electrons. The number of amides is 2. The number of likely N-dealkylation sites (tertiary alicyclic amines) is 2. The van der Waals surface area contributed by atoms with Gasteiger partial charge in [-0.1, -0.05) is 13.8 Å². The number of nitrogens with zero attached hydrogens (tertiary/aromatic N) is 2. The summed E-state index contributed by atoms with van der Waals surface area (Å²) in [6.07, 6.45) is 2.70. The molecule has 0 aliphatic carbocycles. The molecule has 2 unspecified atom stereocenters. The van der Waals surface area contributed by atoms with Gasteiger partial charge in [0.15, 0.2) is 0 Å². The third kappa shape index (κ3) is 7.38. The Morgan fingerprint density at radius 1 is 0.828 bits per heavy atom. The van der Waals surface area contributed by atoms with Crippen molar-refractivity contribution in [1.82, 2.24) is 9.80 Å². The zero-order valence-corrected chi connectivity index (χ0v) is 18.6. The maximum Gasteiger partial charge on any atom is 0.326 e. The molecule has 0 aromatic rings. The number of aliphatic carboxylic acids is 2. The van der Waals surface area contributed by atoms with Gasteiger partial charge in [-0.05, 0) is 25.7 Å². The summed E-state index contributed by atoms with van der Waals surface area (Å²) in [7, 11) is 0. The van der Waals surface area contributed by atoms with Crippen molar-refractivity contribution in [3.05, 3.63) is 0 Å². The van der Waals surface area contributed by atoms with Crippen molar-refractivity contribution >= 4 is 49.0 Å². The Morgan fingerprint density at radius 3 is 1.38 bits per heavy atom. The molecule has 2 rings (SSSR count). The average Bonchev–Trinajstić information content (AvgIpc) is 3.35. The van der Waals surface area contributed by atoms with E-state index >= 15 is 0 Å². The van der Waals surface area contributed by atoms with Crippen molar-refractivity contribution in [3.8, 4) is 0 Å². The molecular weight excluding hydrogens is 420 g/mol. The highest BCUT2D eigenvalue weighted by atomic mass is 32.1. The minimum atomic E-state index is -0.901. The fourth-order valence-electron chi connectivity index (χ4n) is 3.30. The summed E-state index contributed by atoms with van der Waals surface area (Å²) < 4.78 is 0. The Balaban J connectivity index is 0.000000523. The van der Waals surface area contributed by atoms with Crippen LogP contribution in [0.1, 0.15) is 39.5 Å². The number of hydrogen-bond acceptors (Lipinski definition) is 6. The fourth-order valence-corrected chi connectivity index (χ4v) is 3.61. The van der Waals surface area contributed by atoms with E-state index in [-0.39, 0.29) is 29.1 Å². The molecule has 11 heteroatoms. The van der Waals surface area contributed by atoms with Crippen LogP contribution in [0.5, 0.6) is 0 Å². The van der Waals surface area contributed by atoms with Crippen LogP contribution in [-0.4, -0.2) is 85.9 Å². The molecule has 0 aromatic heterocycles. The topological polar surface area (TPSA) is 147 Å². The summed E-state index contributed by atoms with van der Waals surface area (Å²) in [6, 6.07) is -1.24. The van der Waals surface area contributed by atoms with E-state index in [1.165, 1.54) is 9.80 Å². The highest BCUT2D eigenvalue weighted by Gasteiger charge is 2.36. The van der Waals surface area contributed by atoms with Gasteiger partial charge in [0.25, 0.3) is 0 Å². The van der Waals surface area contributed by atoms with E-state index in [0.29, 0.717) is 37.4 Å². The van der Waals surface area contributed by atoms with Gasteiger partial charge in [0.2, 0.25) is 11.8 Å². The van der Waals surface area contributed by atoms with Crippen molar-refractivity contribution in [2.75, 3.05) is 24.6 Å². The van der Waals surface area contributed by atoms with Gasteiger partial charge in [0.1, 0.15) is 12.1 Å². The van der Waals surface area contributed by atoms with Crippen molar-refractivity contribution < 1.29 is 34.9 Å². The first-order chi connectivity index (χ1) is 13.1. The van der Waals surface area contributed by atoms with Crippen molar-refractivity contribution in [3.63, 3.8) is 0 Å². The minimum absolute atomic E-state index is 0. The maximum absolute atomic E-state index is 11.7. The lowest BCUT2D eigenvalue weighted by atomic mass is 10.1. The molecule has 4 atom stereocenters. The van der Waals surface area contributed by atoms with Crippen LogP contribution in [0.2, 0.25) is 0 Å². The van der Waals surface area contributed by atoms with E-state index in [0.717, 1.165) is 12.8 Å². The summed E-state index contributed by atoms with van der Waals surface area (Å²) in [4.78, 5) is 48.0. The summed E-state index contributed by atoms with van der Waals surface area (Å²) in [6.45, 7) is 4.67. The largest absolute Gasteiger partial charge is 0.480 e. The van der Waals surface area contributed by atoms with E-state index in [1.807, 2.05) is 0 Å². The van der Waals surface area contributed by atoms with E-state index < -0.39 is 24.0 Å². The number of thiol groups is 2. The smallest absolute Gasteiger partial charge is 0.326 e. The van der Waals surface area contributed by atoms with Gasteiger partial charge >= 0.3 is 11.9 Å². The van der Waals surface area contributed by atoms with Crippen LogP contribution in [0.15, 0.2) is 0 Å². The van der Waals surface area contributed by atoms with Crippen molar-refractivity contribution in [2.24, 2.45) is 11.8 Å². The highest BCUT2D eigenvalue weighted by molar-refractivity contribution is 7.80. The molecule has 2 fully saturated rings. The van der Waals surface area contributed by atoms with Gasteiger partial charge in [-0.2, -0.15) is 25.3 Å². The molecule has 2 aliphatic rings. The van der Waals surface area contributed by atoms with E-state index in [1.54, 1.807) is 13.8 Å². The second-order valence-corrected chi connectivity index (χ2v) is 7.95. The molecule has 2 amide bonds. The van der Waals surface area contributed by atoms with Crippen molar-refractivity contribution in [2.45, 2.75) is 51.6 Å². The van der Waals surface area contributed by atoms with Crippen LogP contribution in [0, 0.1) is 11.8 Å². The Morgan fingerprint density at radius 2 is 1.14 bits per heavy atom. The van der Waals surface area contributed by atoms with E-state index in [4.69, 9.17) is 10.2 Å². The Labute approximate surface area is 181 Å². The Bertz CT molecular complexity index is 541. The van der Waals surface area contributed by atoms with Gasteiger partial charge in [-0.15, -0.1) is 0 Å². The fraction of sp³-hybridized carbons (Fsp3) is 0.778. The lowest BCUT2D eigenvalue weighted by Gasteiger charge is -2.24. The standard InChI is InChI=1S/2C9H15NO3S.H2O/c2*1-6(5-14)8(11)10-4-2-3-7(10)9(12)13;/h2*6-7,14H,2-5H2,1H3,(H,12,13);1H2/t2*6?,7-;/m00./s1. The van der Waals surface area contributed by atoms with Gasteiger partial charge in [-0.25, -0.2) is 9.59 Å². The molecule has 0 aromatic carbocycles. The summed E-state index contributed by atoms with van der Waals surface area (Å²) in [5, 5.41) is 17.7. The normalized spacial score (nSPS) is 22.8. The van der Waals surface area contributed by atoms with Crippen LogP contribution < -0.4 is 0 Å². The Kier molecular flexibility index (Phi) is 12.3. The first kappa shape index (κ1) is 27.5. The third-order valence-electron chi connectivity index (χ3n) is 5.03. The predicted octanol–water partition coefficient (Wildman–Crippen LogP) is 0.431. The molecular formula is C18H32N2O7S2. The molecule has 4 N–H and O–H groups in total. The second-order valence-electron chi connectivity index (χ2n) is 7.22. The van der Waals surface area contributed by atoms with E-state index in [2.05, 4.69) is 25.3 Å². The van der Waals surface area contributed by atoms with Crippen molar-refractivity contribution in [1.29, 1.82) is 0 Å². The lowest BCUT2D eigenvalue weighted by molar-refractivity contribution is -0.149. The molecule has 2 heterocycles. The summed E-state index contributed by atoms with van der Waals surface area (Å²) in [5.74, 6) is -1.46. The molecule has 2 saturated heterocycles. The number of hydrogen-bond donors (Lipinski definition) is 4. The molecule has 9 nitrogen and oxygen atoms in total. The number of carboxylic acid groups (broad SMARTS) is 2. The first-order valence-electron chi connectivity index (χ1n) is 9.43. The van der Waals surface area contributed by atoms with E-state index in [9.17, 15) is 19.2 Å². The Hall–Kier alpha value is -1.46. The molecule has 0 saturated carbocycles. The third-order valence-corrected chi connectivity index (χ3v) is 6.13. The predicted molar refractivity (Wildman–Crippen MR) is 114 cm³/mol. The maximum atomic E-state index is 11.7. The first-order valence-corrected chi connectivity index (χ1v) is 10.7. The molecule has 0 bridgehead atoms. The van der Waals surface area contributed by atoms with Crippen LogP contribution in [0.25, 0.3) is 0 Å². The van der Waals surface area contributed by atoms with Gasteiger partial charge in [0, 0.05) is 36.4 Å². The number of carboxylic acids is 2. The average molecular weight is 453 g/mol. The summed E-state index contributed by atoms with van der Waals surface area (Å²) in [5.41, 5.74) is 0. The van der Waals surface area contributed by atoms with Crippen LogP contribution >= 0.6 is 25.3 Å². The number of rotatable bonds is 6.